The highest BCUT2D eigenvalue weighted by Gasteiger charge is 2.13. The van der Waals surface area contributed by atoms with Crippen LogP contribution in [0.3, 0.4) is 0 Å². The van der Waals surface area contributed by atoms with E-state index in [0.29, 0.717) is 23.5 Å². The molecule has 0 radical (unpaired) electrons. The Morgan fingerprint density at radius 3 is 2.54 bits per heavy atom. The summed E-state index contributed by atoms with van der Waals surface area (Å²) in [6.07, 6.45) is 1.92. The molecule has 0 heterocycles. The number of carbonyl (C=O) groups is 2. The van der Waals surface area contributed by atoms with E-state index in [-0.39, 0.29) is 18.4 Å². The Labute approximate surface area is 164 Å². The van der Waals surface area contributed by atoms with Crippen LogP contribution in [0.15, 0.2) is 66.7 Å². The first-order chi connectivity index (χ1) is 13.7. The van der Waals surface area contributed by atoms with Crippen molar-refractivity contribution >= 4 is 28.3 Å². The molecular weight excluding hydrogens is 352 g/mol. The number of hydrogen-bond acceptors (Lipinski definition) is 3. The predicted octanol–water partition coefficient (Wildman–Crippen LogP) is 4.39. The van der Waals surface area contributed by atoms with E-state index in [9.17, 15) is 9.59 Å². The molecular formula is C23H24N2O3. The maximum atomic E-state index is 12.4. The van der Waals surface area contributed by atoms with E-state index >= 15 is 0 Å². The first-order valence-corrected chi connectivity index (χ1v) is 9.46. The van der Waals surface area contributed by atoms with E-state index in [0.717, 1.165) is 23.6 Å². The summed E-state index contributed by atoms with van der Waals surface area (Å²) >= 11 is 0. The van der Waals surface area contributed by atoms with Crippen molar-refractivity contribution in [1.29, 1.82) is 0 Å². The normalized spacial score (nSPS) is 10.5. The molecule has 0 aromatic heterocycles. The van der Waals surface area contributed by atoms with E-state index in [4.69, 9.17) is 4.74 Å². The van der Waals surface area contributed by atoms with Gasteiger partial charge in [-0.3, -0.25) is 9.59 Å². The number of anilines is 1. The Morgan fingerprint density at radius 2 is 1.68 bits per heavy atom. The lowest BCUT2D eigenvalue weighted by Crippen LogP contribution is -2.27. The van der Waals surface area contributed by atoms with Crippen molar-refractivity contribution in [3.8, 4) is 5.75 Å². The second-order valence-electron chi connectivity index (χ2n) is 6.47. The van der Waals surface area contributed by atoms with Gasteiger partial charge in [0.25, 0.3) is 11.8 Å². The third-order valence-corrected chi connectivity index (χ3v) is 4.37. The highest BCUT2D eigenvalue weighted by molar-refractivity contribution is 6.04. The van der Waals surface area contributed by atoms with Crippen molar-refractivity contribution in [2.45, 2.75) is 19.8 Å². The number of fused-ring (bicyclic) bond motifs is 1. The van der Waals surface area contributed by atoms with E-state index in [1.807, 2.05) is 42.5 Å². The van der Waals surface area contributed by atoms with E-state index in [1.54, 1.807) is 24.3 Å². The van der Waals surface area contributed by atoms with Crippen LogP contribution in [0.2, 0.25) is 0 Å². The summed E-state index contributed by atoms with van der Waals surface area (Å²) in [5.74, 6) is 0.139. The maximum Gasteiger partial charge on any atom is 0.262 e. The molecule has 5 nitrogen and oxygen atoms in total. The summed E-state index contributed by atoms with van der Waals surface area (Å²) in [5, 5.41) is 7.65. The van der Waals surface area contributed by atoms with Crippen LogP contribution in [0.1, 0.15) is 30.1 Å². The Bertz CT molecular complexity index is 963. The van der Waals surface area contributed by atoms with Crippen molar-refractivity contribution in [3.63, 3.8) is 0 Å². The highest BCUT2D eigenvalue weighted by Crippen LogP contribution is 2.25. The second-order valence-corrected chi connectivity index (χ2v) is 6.47. The van der Waals surface area contributed by atoms with Crippen LogP contribution < -0.4 is 15.4 Å². The van der Waals surface area contributed by atoms with Crippen molar-refractivity contribution < 1.29 is 14.3 Å². The van der Waals surface area contributed by atoms with Gasteiger partial charge >= 0.3 is 0 Å². The van der Waals surface area contributed by atoms with Crippen LogP contribution in [-0.2, 0) is 4.79 Å². The molecule has 3 aromatic carbocycles. The molecule has 0 saturated carbocycles. The number of rotatable bonds is 8. The number of amides is 2. The SMILES string of the molecule is CCCCNC(=O)c1ccccc1NC(=O)COc1cccc2ccccc12. The molecule has 0 spiro atoms. The zero-order chi connectivity index (χ0) is 19.8. The number of ether oxygens (including phenoxy) is 1. The molecule has 144 valence electrons. The van der Waals surface area contributed by atoms with Gasteiger partial charge in [-0.25, -0.2) is 0 Å². The minimum atomic E-state index is -0.318. The standard InChI is InChI=1S/C23H24N2O3/c1-2-3-15-24-23(27)19-12-6-7-13-20(19)25-22(26)16-28-21-14-8-10-17-9-4-5-11-18(17)21/h4-14H,2-3,15-16H2,1H3,(H,24,27)(H,25,26). The van der Waals surface area contributed by atoms with Gasteiger partial charge in [0.1, 0.15) is 5.75 Å². The van der Waals surface area contributed by atoms with Gasteiger partial charge in [0.05, 0.1) is 11.3 Å². The van der Waals surface area contributed by atoms with Gasteiger partial charge in [-0.15, -0.1) is 0 Å². The zero-order valence-corrected chi connectivity index (χ0v) is 15.9. The third-order valence-electron chi connectivity index (χ3n) is 4.37. The van der Waals surface area contributed by atoms with Crippen molar-refractivity contribution in [1.82, 2.24) is 5.32 Å². The molecule has 0 fully saturated rings. The Balaban J connectivity index is 1.64. The molecule has 28 heavy (non-hydrogen) atoms. The molecule has 0 aliphatic carbocycles. The lowest BCUT2D eigenvalue weighted by molar-refractivity contribution is -0.118. The average molecular weight is 376 g/mol. The first-order valence-electron chi connectivity index (χ1n) is 9.46. The van der Waals surface area contributed by atoms with Gasteiger partial charge in [-0.1, -0.05) is 61.9 Å². The van der Waals surface area contributed by atoms with E-state index in [2.05, 4.69) is 17.6 Å². The number of para-hydroxylation sites is 1. The fraction of sp³-hybridized carbons (Fsp3) is 0.217. The first kappa shape index (κ1) is 19.4. The molecule has 0 aliphatic rings. The average Bonchev–Trinajstić information content (AvgIpc) is 2.72. The summed E-state index contributed by atoms with van der Waals surface area (Å²) in [7, 11) is 0. The van der Waals surface area contributed by atoms with Gasteiger partial charge in [0, 0.05) is 11.9 Å². The van der Waals surface area contributed by atoms with Crippen LogP contribution >= 0.6 is 0 Å². The van der Waals surface area contributed by atoms with Crippen LogP contribution in [0.5, 0.6) is 5.75 Å². The predicted molar refractivity (Wildman–Crippen MR) is 112 cm³/mol. The monoisotopic (exact) mass is 376 g/mol. The van der Waals surface area contributed by atoms with Crippen LogP contribution in [0.4, 0.5) is 5.69 Å². The largest absolute Gasteiger partial charge is 0.483 e. The quantitative estimate of drug-likeness (QED) is 0.573. The lowest BCUT2D eigenvalue weighted by Gasteiger charge is -2.12. The fourth-order valence-corrected chi connectivity index (χ4v) is 2.92. The number of nitrogens with one attached hydrogen (secondary N) is 2. The molecule has 5 heteroatoms. The fourth-order valence-electron chi connectivity index (χ4n) is 2.92. The van der Waals surface area contributed by atoms with Gasteiger partial charge < -0.3 is 15.4 Å². The number of hydrogen-bond donors (Lipinski definition) is 2. The van der Waals surface area contributed by atoms with Gasteiger partial charge in [-0.2, -0.15) is 0 Å². The summed E-state index contributed by atoms with van der Waals surface area (Å²) < 4.78 is 5.72. The maximum absolute atomic E-state index is 12.4. The third kappa shape index (κ3) is 4.88. The smallest absolute Gasteiger partial charge is 0.262 e. The molecule has 2 N–H and O–H groups in total. The molecule has 0 saturated heterocycles. The van der Waals surface area contributed by atoms with E-state index < -0.39 is 0 Å². The highest BCUT2D eigenvalue weighted by atomic mass is 16.5. The molecule has 0 bridgehead atoms. The summed E-state index contributed by atoms with van der Waals surface area (Å²) in [5.41, 5.74) is 0.917. The Morgan fingerprint density at radius 1 is 0.929 bits per heavy atom. The molecule has 3 aromatic rings. The Kier molecular flexibility index (Phi) is 6.63. The molecule has 2 amide bonds. The van der Waals surface area contributed by atoms with E-state index in [1.165, 1.54) is 0 Å². The van der Waals surface area contributed by atoms with Crippen molar-refractivity contribution in [3.05, 3.63) is 72.3 Å². The second kappa shape index (κ2) is 9.55. The minimum absolute atomic E-state index is 0.139. The number of unbranched alkanes of at least 4 members (excludes halogenated alkanes) is 1. The van der Waals surface area contributed by atoms with Crippen LogP contribution in [0.25, 0.3) is 10.8 Å². The molecule has 0 atom stereocenters. The lowest BCUT2D eigenvalue weighted by atomic mass is 10.1. The van der Waals surface area contributed by atoms with Crippen molar-refractivity contribution in [2.24, 2.45) is 0 Å². The van der Waals surface area contributed by atoms with Crippen LogP contribution in [0, 0.1) is 0 Å². The number of benzene rings is 3. The van der Waals surface area contributed by atoms with Gasteiger partial charge in [0.15, 0.2) is 6.61 Å². The molecule has 0 unspecified atom stereocenters. The van der Waals surface area contributed by atoms with Crippen molar-refractivity contribution in [2.75, 3.05) is 18.5 Å². The Hall–Kier alpha value is -3.34. The molecule has 3 rings (SSSR count). The summed E-state index contributed by atoms with van der Waals surface area (Å²) in [4.78, 5) is 24.7. The zero-order valence-electron chi connectivity index (χ0n) is 15.9. The minimum Gasteiger partial charge on any atom is -0.483 e. The topological polar surface area (TPSA) is 67.4 Å². The molecule has 0 aliphatic heterocycles. The number of carbonyl (C=O) groups excluding carboxylic acids is 2. The van der Waals surface area contributed by atoms with Gasteiger partial charge in [0.2, 0.25) is 0 Å². The van der Waals surface area contributed by atoms with Gasteiger partial charge in [-0.05, 0) is 30.0 Å². The summed E-state index contributed by atoms with van der Waals surface area (Å²) in [6, 6.07) is 20.5. The summed E-state index contributed by atoms with van der Waals surface area (Å²) in [6.45, 7) is 2.54. The van der Waals surface area contributed by atoms with Crippen LogP contribution in [-0.4, -0.2) is 25.0 Å².